The summed E-state index contributed by atoms with van der Waals surface area (Å²) < 4.78 is 7.17. The highest BCUT2D eigenvalue weighted by atomic mass is 16.3. The number of benzene rings is 1. The van der Waals surface area contributed by atoms with Crippen molar-refractivity contribution in [2.75, 3.05) is 13.1 Å². The van der Waals surface area contributed by atoms with Crippen molar-refractivity contribution in [3.8, 4) is 0 Å². The molecule has 8 nitrogen and oxygen atoms in total. The Kier molecular flexibility index (Phi) is 5.56. The van der Waals surface area contributed by atoms with Gasteiger partial charge in [-0.1, -0.05) is 30.3 Å². The van der Waals surface area contributed by atoms with Gasteiger partial charge in [0, 0.05) is 32.3 Å². The van der Waals surface area contributed by atoms with Crippen LogP contribution >= 0.6 is 0 Å². The van der Waals surface area contributed by atoms with E-state index in [0.717, 1.165) is 18.4 Å². The van der Waals surface area contributed by atoms with Gasteiger partial charge >= 0.3 is 6.03 Å². The minimum Gasteiger partial charge on any atom is -0.467 e. The third-order valence-corrected chi connectivity index (χ3v) is 5.45. The monoisotopic (exact) mass is 407 g/mol. The molecule has 2 atom stereocenters. The zero-order valence-corrected chi connectivity index (χ0v) is 16.8. The fraction of sp³-hybridized carbons (Fsp3) is 0.318. The number of primary amides is 1. The van der Waals surface area contributed by atoms with E-state index >= 15 is 0 Å². The molecule has 1 aliphatic rings. The fourth-order valence-electron chi connectivity index (χ4n) is 4.02. The summed E-state index contributed by atoms with van der Waals surface area (Å²) in [7, 11) is 1.76. The van der Waals surface area contributed by atoms with Crippen LogP contribution in [0.15, 0.2) is 59.3 Å². The number of carbonyl (C=O) groups is 2. The maximum absolute atomic E-state index is 13.1. The van der Waals surface area contributed by atoms with Crippen molar-refractivity contribution in [2.24, 2.45) is 12.8 Å². The van der Waals surface area contributed by atoms with Crippen LogP contribution < -0.4 is 11.1 Å². The zero-order chi connectivity index (χ0) is 21.1. The summed E-state index contributed by atoms with van der Waals surface area (Å²) in [5, 5.41) is 7.54. The van der Waals surface area contributed by atoms with Crippen molar-refractivity contribution in [2.45, 2.75) is 24.8 Å². The molecule has 3 heterocycles. The van der Waals surface area contributed by atoms with Gasteiger partial charge in [0.2, 0.25) is 0 Å². The molecule has 8 heteroatoms. The minimum absolute atomic E-state index is 0.0352. The van der Waals surface area contributed by atoms with E-state index in [9.17, 15) is 9.59 Å². The quantitative estimate of drug-likeness (QED) is 0.678. The van der Waals surface area contributed by atoms with Crippen molar-refractivity contribution in [1.82, 2.24) is 20.0 Å². The molecule has 0 spiro atoms. The lowest BCUT2D eigenvalue weighted by molar-refractivity contribution is 0.0998. The number of urea groups is 1. The Morgan fingerprint density at radius 2 is 2.03 bits per heavy atom. The van der Waals surface area contributed by atoms with Gasteiger partial charge in [-0.15, -0.1) is 0 Å². The highest BCUT2D eigenvalue weighted by Crippen LogP contribution is 2.29. The van der Waals surface area contributed by atoms with Crippen LogP contribution in [0.4, 0.5) is 4.79 Å². The highest BCUT2D eigenvalue weighted by Gasteiger charge is 2.31. The first-order valence-electron chi connectivity index (χ1n) is 10.00. The lowest BCUT2D eigenvalue weighted by atomic mass is 9.92. The van der Waals surface area contributed by atoms with Gasteiger partial charge in [-0.3, -0.25) is 9.48 Å². The third kappa shape index (κ3) is 4.07. The number of amides is 3. The third-order valence-electron chi connectivity index (χ3n) is 5.45. The molecule has 2 aromatic heterocycles. The van der Waals surface area contributed by atoms with Gasteiger partial charge in [0.25, 0.3) is 5.91 Å². The number of nitrogens with zero attached hydrogens (tertiary/aromatic N) is 3. The second-order valence-corrected chi connectivity index (χ2v) is 7.56. The predicted octanol–water partition coefficient (Wildman–Crippen LogP) is 2.79. The molecule has 3 amide bonds. The van der Waals surface area contributed by atoms with Gasteiger partial charge in [-0.25, -0.2) is 4.79 Å². The first kappa shape index (κ1) is 19.8. The molecule has 0 aliphatic carbocycles. The molecule has 1 fully saturated rings. The first-order chi connectivity index (χ1) is 14.5. The van der Waals surface area contributed by atoms with Crippen LogP contribution in [0.5, 0.6) is 0 Å². The van der Waals surface area contributed by atoms with Crippen molar-refractivity contribution >= 4 is 11.9 Å². The fourth-order valence-corrected chi connectivity index (χ4v) is 4.02. The minimum atomic E-state index is -0.498. The van der Waals surface area contributed by atoms with Crippen LogP contribution in [0.2, 0.25) is 0 Å². The second-order valence-electron chi connectivity index (χ2n) is 7.56. The van der Waals surface area contributed by atoms with E-state index in [1.807, 2.05) is 36.4 Å². The molecule has 0 saturated carbocycles. The molecule has 0 bridgehead atoms. The Balaban J connectivity index is 1.52. The van der Waals surface area contributed by atoms with Crippen LogP contribution in [0.25, 0.3) is 0 Å². The number of carbonyl (C=O) groups excluding carboxylic acids is 2. The second kappa shape index (κ2) is 8.44. The number of aromatic nitrogens is 2. The van der Waals surface area contributed by atoms with Crippen LogP contribution in [0, 0.1) is 0 Å². The van der Waals surface area contributed by atoms with Gasteiger partial charge in [-0.05, 0) is 30.5 Å². The summed E-state index contributed by atoms with van der Waals surface area (Å²) in [5.74, 6) is 0.137. The number of likely N-dealkylation sites (tertiary alicyclic amines) is 1. The molecule has 1 saturated heterocycles. The maximum Gasteiger partial charge on any atom is 0.318 e. The topological polar surface area (TPSA) is 106 Å². The molecular formula is C22H25N5O3. The van der Waals surface area contributed by atoms with Crippen molar-refractivity contribution in [1.29, 1.82) is 0 Å². The number of piperidine rings is 1. The van der Waals surface area contributed by atoms with Gasteiger partial charge in [0.1, 0.15) is 11.8 Å². The molecule has 3 N–H and O–H groups in total. The van der Waals surface area contributed by atoms with Crippen LogP contribution in [-0.4, -0.2) is 39.7 Å². The Hall–Kier alpha value is -3.55. The maximum atomic E-state index is 13.1. The molecule has 4 rings (SSSR count). The van der Waals surface area contributed by atoms with Gasteiger partial charge < -0.3 is 20.4 Å². The first-order valence-corrected chi connectivity index (χ1v) is 10.00. The zero-order valence-electron chi connectivity index (χ0n) is 16.8. The normalized spacial score (nSPS) is 17.5. The standard InChI is InChI=1S/C22H25N5O3/c1-26-14-17(21(23)28)19(25-26)16-9-5-11-27(13-16)22(29)24-20(18-10-6-12-30-18)15-7-3-2-4-8-15/h2-4,6-8,10,12,14,16,20H,5,9,11,13H2,1H3,(H2,23,28)(H,24,29)/t16-,20+/m0/s1. The van der Waals surface area contributed by atoms with E-state index in [1.165, 1.54) is 0 Å². The summed E-state index contributed by atoms with van der Waals surface area (Å²) >= 11 is 0. The summed E-state index contributed by atoms with van der Waals surface area (Å²) in [4.78, 5) is 26.7. The number of aryl methyl sites for hydroxylation is 1. The highest BCUT2D eigenvalue weighted by molar-refractivity contribution is 5.93. The Morgan fingerprint density at radius 1 is 1.23 bits per heavy atom. The van der Waals surface area contributed by atoms with Crippen molar-refractivity contribution in [3.63, 3.8) is 0 Å². The number of nitrogens with one attached hydrogen (secondary N) is 1. The molecule has 0 unspecified atom stereocenters. The molecule has 30 heavy (non-hydrogen) atoms. The summed E-state index contributed by atoms with van der Waals surface area (Å²) in [6, 6.07) is 12.8. The Labute approximate surface area is 174 Å². The summed E-state index contributed by atoms with van der Waals surface area (Å²) in [5.41, 5.74) is 7.54. The average molecular weight is 407 g/mol. The van der Waals surface area contributed by atoms with E-state index in [2.05, 4.69) is 10.4 Å². The number of furan rings is 1. The predicted molar refractivity (Wildman–Crippen MR) is 111 cm³/mol. The largest absolute Gasteiger partial charge is 0.467 e. The Bertz CT molecular complexity index is 1010. The lowest BCUT2D eigenvalue weighted by Crippen LogP contribution is -2.46. The number of rotatable bonds is 5. The van der Waals surface area contributed by atoms with Crippen LogP contribution in [-0.2, 0) is 7.05 Å². The van der Waals surface area contributed by atoms with E-state index in [1.54, 1.807) is 35.2 Å². The molecule has 1 aliphatic heterocycles. The smallest absolute Gasteiger partial charge is 0.318 e. The number of nitrogens with two attached hydrogens (primary N) is 1. The summed E-state index contributed by atoms with van der Waals surface area (Å²) in [6.07, 6.45) is 4.91. The van der Waals surface area contributed by atoms with E-state index in [4.69, 9.17) is 10.2 Å². The molecule has 3 aromatic rings. The Morgan fingerprint density at radius 3 is 2.73 bits per heavy atom. The molecule has 1 aromatic carbocycles. The van der Waals surface area contributed by atoms with E-state index in [-0.39, 0.29) is 18.0 Å². The summed E-state index contributed by atoms with van der Waals surface area (Å²) in [6.45, 7) is 1.11. The van der Waals surface area contributed by atoms with E-state index < -0.39 is 5.91 Å². The van der Waals surface area contributed by atoms with Crippen molar-refractivity contribution in [3.05, 3.63) is 77.5 Å². The molecule has 0 radical (unpaired) electrons. The molecule has 156 valence electrons. The molecular weight excluding hydrogens is 382 g/mol. The van der Waals surface area contributed by atoms with Gasteiger partial charge in [-0.2, -0.15) is 5.10 Å². The van der Waals surface area contributed by atoms with E-state index in [0.29, 0.717) is 30.1 Å². The van der Waals surface area contributed by atoms with Crippen LogP contribution in [0.1, 0.15) is 52.2 Å². The number of hydrogen-bond acceptors (Lipinski definition) is 4. The average Bonchev–Trinajstić information content (AvgIpc) is 3.42. The lowest BCUT2D eigenvalue weighted by Gasteiger charge is -2.33. The SMILES string of the molecule is Cn1cc(C(N)=O)c([C@H]2CCCN(C(=O)N[C@H](c3ccccc3)c3ccco3)C2)n1. The van der Waals surface area contributed by atoms with Gasteiger partial charge in [0.05, 0.1) is 17.5 Å². The van der Waals surface area contributed by atoms with Gasteiger partial charge in [0.15, 0.2) is 0 Å². The van der Waals surface area contributed by atoms with Crippen LogP contribution in [0.3, 0.4) is 0 Å². The number of hydrogen-bond donors (Lipinski definition) is 2. The van der Waals surface area contributed by atoms with Crippen molar-refractivity contribution < 1.29 is 14.0 Å².